The molecule has 0 bridgehead atoms. The average molecular weight is 398 g/mol. The number of hydrogen-bond acceptors (Lipinski definition) is 5. The maximum atomic E-state index is 10.0. The lowest BCUT2D eigenvalue weighted by molar-refractivity contribution is 0.192. The second kappa shape index (κ2) is 7.61. The number of fused-ring (bicyclic) bond motifs is 2. The van der Waals surface area contributed by atoms with Gasteiger partial charge >= 0.3 is 0 Å². The van der Waals surface area contributed by atoms with E-state index in [9.17, 15) is 5.11 Å². The highest BCUT2D eigenvalue weighted by molar-refractivity contribution is 5.95. The molecule has 0 aliphatic carbocycles. The standard InChI is InChI=1S/C23H22N6O/c1-2-5-21(30)25-16-10-15(12-24-13-16)14-8-9-18-17(11-14)22(29-28-18)23-26-19-6-3-4-7-20(19)27-23/h3-4,6-13,21,25,30H,2,5H2,1H3,(H,26,27)(H,28,29). The maximum Gasteiger partial charge on any atom is 0.159 e. The van der Waals surface area contributed by atoms with E-state index < -0.39 is 6.23 Å². The number of rotatable bonds is 6. The first kappa shape index (κ1) is 18.3. The Bertz CT molecular complexity index is 1290. The Morgan fingerprint density at radius 3 is 2.80 bits per heavy atom. The molecule has 0 saturated carbocycles. The van der Waals surface area contributed by atoms with Crippen molar-refractivity contribution < 1.29 is 5.11 Å². The van der Waals surface area contributed by atoms with Crippen LogP contribution in [0.1, 0.15) is 19.8 Å². The van der Waals surface area contributed by atoms with E-state index in [-0.39, 0.29) is 0 Å². The molecule has 0 spiro atoms. The van der Waals surface area contributed by atoms with E-state index in [1.165, 1.54) is 0 Å². The number of pyridine rings is 1. The third-order valence-electron chi connectivity index (χ3n) is 5.14. The molecule has 1 unspecified atom stereocenters. The van der Waals surface area contributed by atoms with Gasteiger partial charge in [-0.2, -0.15) is 5.10 Å². The van der Waals surface area contributed by atoms with Gasteiger partial charge in [0.25, 0.3) is 0 Å². The molecule has 0 aliphatic heterocycles. The van der Waals surface area contributed by atoms with Crippen LogP contribution in [-0.4, -0.2) is 36.5 Å². The molecule has 5 aromatic rings. The maximum absolute atomic E-state index is 10.0. The number of benzene rings is 2. The fourth-order valence-electron chi connectivity index (χ4n) is 3.65. The van der Waals surface area contributed by atoms with Crippen LogP contribution < -0.4 is 5.32 Å². The van der Waals surface area contributed by atoms with Gasteiger partial charge in [0, 0.05) is 17.1 Å². The molecule has 0 radical (unpaired) electrons. The minimum atomic E-state index is -0.580. The summed E-state index contributed by atoms with van der Waals surface area (Å²) in [5, 5.41) is 21.7. The monoisotopic (exact) mass is 398 g/mol. The summed E-state index contributed by atoms with van der Waals surface area (Å²) in [4.78, 5) is 12.4. The van der Waals surface area contributed by atoms with Crippen molar-refractivity contribution >= 4 is 27.6 Å². The smallest absolute Gasteiger partial charge is 0.159 e. The molecule has 3 heterocycles. The molecular formula is C23H22N6O. The largest absolute Gasteiger partial charge is 0.374 e. The number of imidazole rings is 1. The first-order chi connectivity index (χ1) is 14.7. The first-order valence-electron chi connectivity index (χ1n) is 10.0. The predicted molar refractivity (Wildman–Crippen MR) is 119 cm³/mol. The fraction of sp³-hybridized carbons (Fsp3) is 0.174. The van der Waals surface area contributed by atoms with E-state index >= 15 is 0 Å². The van der Waals surface area contributed by atoms with E-state index in [2.05, 4.69) is 36.5 Å². The molecule has 150 valence electrons. The summed E-state index contributed by atoms with van der Waals surface area (Å²) in [5.41, 5.74) is 6.38. The Balaban J connectivity index is 1.53. The highest BCUT2D eigenvalue weighted by Crippen LogP contribution is 2.31. The molecule has 1 atom stereocenters. The molecule has 0 fully saturated rings. The van der Waals surface area contributed by atoms with Crippen molar-refractivity contribution in [3.63, 3.8) is 0 Å². The molecule has 3 aromatic heterocycles. The number of nitrogens with zero attached hydrogens (tertiary/aromatic N) is 3. The van der Waals surface area contributed by atoms with Gasteiger partial charge in [-0.15, -0.1) is 0 Å². The summed E-state index contributed by atoms with van der Waals surface area (Å²) in [6.07, 6.45) is 4.55. The fourth-order valence-corrected chi connectivity index (χ4v) is 3.65. The summed E-state index contributed by atoms with van der Waals surface area (Å²) in [6.45, 7) is 2.04. The molecule has 2 aromatic carbocycles. The van der Waals surface area contributed by atoms with E-state index in [1.807, 2.05) is 55.6 Å². The molecule has 4 N–H and O–H groups in total. The lowest BCUT2D eigenvalue weighted by Crippen LogP contribution is -2.18. The van der Waals surface area contributed by atoms with Crippen molar-refractivity contribution in [2.75, 3.05) is 5.32 Å². The Morgan fingerprint density at radius 1 is 1.03 bits per heavy atom. The number of aromatic amines is 2. The summed E-state index contributed by atoms with van der Waals surface area (Å²) in [6, 6.07) is 16.1. The van der Waals surface area contributed by atoms with Crippen LogP contribution in [0.15, 0.2) is 60.9 Å². The van der Waals surface area contributed by atoms with E-state index in [0.29, 0.717) is 6.42 Å². The van der Waals surface area contributed by atoms with Crippen molar-refractivity contribution in [1.82, 2.24) is 25.1 Å². The molecule has 0 saturated heterocycles. The third kappa shape index (κ3) is 3.40. The van der Waals surface area contributed by atoms with Crippen molar-refractivity contribution in [2.45, 2.75) is 26.0 Å². The normalized spacial score (nSPS) is 12.5. The zero-order chi connectivity index (χ0) is 20.5. The topological polar surface area (TPSA) is 103 Å². The Labute approximate surface area is 173 Å². The van der Waals surface area contributed by atoms with Crippen LogP contribution in [-0.2, 0) is 0 Å². The second-order valence-corrected chi connectivity index (χ2v) is 7.35. The molecule has 7 nitrogen and oxygen atoms in total. The molecular weight excluding hydrogens is 376 g/mol. The number of aromatic nitrogens is 5. The number of anilines is 1. The SMILES string of the molecule is CCCC(O)Nc1cncc(-c2ccc3[nH]nc(-c4nc5ccccc5[nH]4)c3c2)c1. The van der Waals surface area contributed by atoms with Gasteiger partial charge in [-0.1, -0.05) is 31.5 Å². The minimum Gasteiger partial charge on any atom is -0.374 e. The van der Waals surface area contributed by atoms with Crippen LogP contribution in [0.4, 0.5) is 5.69 Å². The van der Waals surface area contributed by atoms with Crippen LogP contribution >= 0.6 is 0 Å². The molecule has 0 amide bonds. The van der Waals surface area contributed by atoms with Crippen molar-refractivity contribution in [1.29, 1.82) is 0 Å². The number of nitrogens with one attached hydrogen (secondary N) is 3. The second-order valence-electron chi connectivity index (χ2n) is 7.35. The van der Waals surface area contributed by atoms with Crippen LogP contribution in [0.2, 0.25) is 0 Å². The van der Waals surface area contributed by atoms with Crippen LogP contribution in [0.5, 0.6) is 0 Å². The Kier molecular flexibility index (Phi) is 4.65. The minimum absolute atomic E-state index is 0.580. The highest BCUT2D eigenvalue weighted by Gasteiger charge is 2.14. The van der Waals surface area contributed by atoms with E-state index in [4.69, 9.17) is 0 Å². The van der Waals surface area contributed by atoms with Gasteiger partial charge in [0.15, 0.2) is 5.82 Å². The quantitative estimate of drug-likeness (QED) is 0.311. The third-order valence-corrected chi connectivity index (χ3v) is 5.14. The number of aliphatic hydroxyl groups is 1. The molecule has 7 heteroatoms. The van der Waals surface area contributed by atoms with Gasteiger partial charge in [-0.05, 0) is 42.3 Å². The van der Waals surface area contributed by atoms with Crippen LogP contribution in [0.25, 0.3) is 44.6 Å². The van der Waals surface area contributed by atoms with Crippen molar-refractivity contribution in [3.05, 3.63) is 60.9 Å². The van der Waals surface area contributed by atoms with Gasteiger partial charge < -0.3 is 15.4 Å². The molecule has 30 heavy (non-hydrogen) atoms. The number of H-pyrrole nitrogens is 2. The van der Waals surface area contributed by atoms with Crippen molar-refractivity contribution in [3.8, 4) is 22.6 Å². The summed E-state index contributed by atoms with van der Waals surface area (Å²) in [7, 11) is 0. The van der Waals surface area contributed by atoms with Crippen LogP contribution in [0.3, 0.4) is 0 Å². The Hall–Kier alpha value is -3.71. The van der Waals surface area contributed by atoms with Crippen molar-refractivity contribution in [2.24, 2.45) is 0 Å². The van der Waals surface area contributed by atoms with E-state index in [1.54, 1.807) is 6.20 Å². The number of para-hydroxylation sites is 2. The van der Waals surface area contributed by atoms with Gasteiger partial charge in [0.05, 0.1) is 28.4 Å². The zero-order valence-electron chi connectivity index (χ0n) is 16.6. The first-order valence-corrected chi connectivity index (χ1v) is 10.0. The van der Waals surface area contributed by atoms with Gasteiger partial charge in [-0.3, -0.25) is 10.1 Å². The highest BCUT2D eigenvalue weighted by atomic mass is 16.3. The number of aliphatic hydroxyl groups excluding tert-OH is 1. The average Bonchev–Trinajstić information content (AvgIpc) is 3.37. The lowest BCUT2D eigenvalue weighted by Gasteiger charge is -2.13. The van der Waals surface area contributed by atoms with Gasteiger partial charge in [0.1, 0.15) is 11.9 Å². The summed E-state index contributed by atoms with van der Waals surface area (Å²) in [5.74, 6) is 0.732. The summed E-state index contributed by atoms with van der Waals surface area (Å²) < 4.78 is 0. The Morgan fingerprint density at radius 2 is 1.93 bits per heavy atom. The van der Waals surface area contributed by atoms with Gasteiger partial charge in [0.2, 0.25) is 0 Å². The molecule has 0 aliphatic rings. The van der Waals surface area contributed by atoms with Gasteiger partial charge in [-0.25, -0.2) is 4.98 Å². The zero-order valence-corrected chi connectivity index (χ0v) is 16.6. The van der Waals surface area contributed by atoms with Crippen LogP contribution in [0, 0.1) is 0 Å². The predicted octanol–water partition coefficient (Wildman–Crippen LogP) is 4.70. The summed E-state index contributed by atoms with van der Waals surface area (Å²) >= 11 is 0. The number of hydrogen-bond donors (Lipinski definition) is 4. The van der Waals surface area contributed by atoms with E-state index in [0.717, 1.165) is 56.7 Å². The lowest BCUT2D eigenvalue weighted by atomic mass is 10.0. The molecule has 5 rings (SSSR count).